The second kappa shape index (κ2) is 56.9. The first-order chi connectivity index (χ1) is 50.6. The number of phenols is 1. The fraction of sp³-hybridized carbons (Fsp3) is 0.667. The number of amides is 12. The van der Waals surface area contributed by atoms with E-state index in [9.17, 15) is 62.6 Å². The van der Waals surface area contributed by atoms with Gasteiger partial charge in [0.2, 0.25) is 70.9 Å². The van der Waals surface area contributed by atoms with Crippen molar-refractivity contribution in [2.75, 3.05) is 150 Å². The van der Waals surface area contributed by atoms with E-state index in [1.54, 1.807) is 6.07 Å². The van der Waals surface area contributed by atoms with E-state index in [-0.39, 0.29) is 230 Å². The molecular formula is C72H118N14O19. The zero-order chi connectivity index (χ0) is 76.7. The summed E-state index contributed by atoms with van der Waals surface area (Å²) in [6, 6.07) is 11.4. The fourth-order valence-electron chi connectivity index (χ4n) is 10.9. The Morgan fingerprint density at radius 1 is 0.476 bits per heavy atom. The van der Waals surface area contributed by atoms with Gasteiger partial charge in [0.1, 0.15) is 17.8 Å². The average molecular weight is 1480 g/mol. The highest BCUT2D eigenvalue weighted by molar-refractivity contribution is 5.92. The summed E-state index contributed by atoms with van der Waals surface area (Å²) in [4.78, 5) is 149. The molecule has 12 amide bonds. The maximum atomic E-state index is 12.8. The number of carbonyl (C=O) groups is 12. The van der Waals surface area contributed by atoms with E-state index in [0.717, 1.165) is 56.3 Å². The number of benzene rings is 2. The minimum absolute atomic E-state index is 0.00102. The van der Waals surface area contributed by atoms with Crippen LogP contribution in [0.15, 0.2) is 42.5 Å². The largest absolute Gasteiger partial charge is 0.508 e. The fourth-order valence-corrected chi connectivity index (χ4v) is 10.9. The number of rotatable bonds is 61. The van der Waals surface area contributed by atoms with Crippen molar-refractivity contribution in [3.8, 4) is 5.75 Å². The molecule has 0 aromatic heterocycles. The summed E-state index contributed by atoms with van der Waals surface area (Å²) in [5.41, 5.74) is 15.7. The molecule has 0 heterocycles. The Morgan fingerprint density at radius 2 is 0.924 bits per heavy atom. The topological polar surface area (TPSA) is 468 Å². The van der Waals surface area contributed by atoms with E-state index in [1.807, 2.05) is 30.3 Å². The van der Waals surface area contributed by atoms with Gasteiger partial charge < -0.3 is 103 Å². The smallest absolute Gasteiger partial charge is 0.242 e. The van der Waals surface area contributed by atoms with Crippen molar-refractivity contribution in [3.63, 3.8) is 0 Å². The third kappa shape index (κ3) is 45.5. The lowest BCUT2D eigenvalue weighted by Gasteiger charge is -2.35. The van der Waals surface area contributed by atoms with Crippen molar-refractivity contribution in [1.29, 1.82) is 0 Å². The average Bonchev–Trinajstić information content (AvgIpc) is 0.817. The number of phenolic OH excluding ortho intramolecular Hbond substituents is 1. The van der Waals surface area contributed by atoms with Gasteiger partial charge in [-0.2, -0.15) is 0 Å². The molecule has 105 heavy (non-hydrogen) atoms. The maximum absolute atomic E-state index is 12.8. The van der Waals surface area contributed by atoms with Crippen LogP contribution in [0.25, 0.3) is 0 Å². The van der Waals surface area contributed by atoms with E-state index >= 15 is 0 Å². The van der Waals surface area contributed by atoms with E-state index in [4.69, 9.17) is 39.9 Å². The predicted molar refractivity (Wildman–Crippen MR) is 391 cm³/mol. The highest BCUT2D eigenvalue weighted by Crippen LogP contribution is 2.31. The third-order valence-electron chi connectivity index (χ3n) is 16.5. The van der Waals surface area contributed by atoms with Gasteiger partial charge in [-0.25, -0.2) is 0 Å². The summed E-state index contributed by atoms with van der Waals surface area (Å²) in [7, 11) is 0. The SMILES string of the molecule is CCCN(CCc1ccc(NC(=O)CC[C@H](N)C(=O)NCCCC[C@H](NC(=O)CCC(=O)NCCOCCOCCNC(=O)CCC(=O)NCCOCCOCCNC(=O)CCC(=O)NCCOCCOCCNC(=O)[C@H](CCCCNC(C)=O)NC(C)=O)C(N)=O)cc1)C1CCc2c(O)cccc2C1. The number of hydrogen-bond donors (Lipinski definition) is 14. The number of aromatic hydroxyl groups is 1. The Balaban J connectivity index is 1.05. The van der Waals surface area contributed by atoms with Crippen LogP contribution in [0.3, 0.4) is 0 Å². The molecule has 0 bridgehead atoms. The summed E-state index contributed by atoms with van der Waals surface area (Å²) < 4.78 is 32.7. The monoisotopic (exact) mass is 1480 g/mol. The molecule has 0 fully saturated rings. The van der Waals surface area contributed by atoms with E-state index in [1.165, 1.54) is 19.4 Å². The van der Waals surface area contributed by atoms with Crippen LogP contribution in [-0.4, -0.2) is 250 Å². The van der Waals surface area contributed by atoms with E-state index in [0.29, 0.717) is 56.1 Å². The second-order valence-corrected chi connectivity index (χ2v) is 25.2. The van der Waals surface area contributed by atoms with Gasteiger partial charge in [0.15, 0.2) is 0 Å². The number of carbonyl (C=O) groups excluding carboxylic acids is 12. The van der Waals surface area contributed by atoms with Gasteiger partial charge in [-0.05, 0) is 118 Å². The van der Waals surface area contributed by atoms with Gasteiger partial charge in [0, 0.05) is 129 Å². The van der Waals surface area contributed by atoms with Crippen LogP contribution in [0.5, 0.6) is 5.75 Å². The van der Waals surface area contributed by atoms with Crippen molar-refractivity contribution in [2.24, 2.45) is 11.5 Å². The quantitative estimate of drug-likeness (QED) is 0.0370. The van der Waals surface area contributed by atoms with Gasteiger partial charge in [-0.15, -0.1) is 0 Å². The molecule has 16 N–H and O–H groups in total. The Bertz CT molecular complexity index is 2930. The van der Waals surface area contributed by atoms with Crippen molar-refractivity contribution in [3.05, 3.63) is 59.2 Å². The third-order valence-corrected chi connectivity index (χ3v) is 16.5. The number of ether oxygens (including phenoxy) is 6. The van der Waals surface area contributed by atoms with Gasteiger partial charge in [0.25, 0.3) is 0 Å². The van der Waals surface area contributed by atoms with Crippen molar-refractivity contribution >= 4 is 76.6 Å². The second-order valence-electron chi connectivity index (χ2n) is 25.2. The first-order valence-corrected chi connectivity index (χ1v) is 36.8. The van der Waals surface area contributed by atoms with Crippen LogP contribution in [-0.2, 0) is 105 Å². The van der Waals surface area contributed by atoms with Crippen molar-refractivity contribution < 1.29 is 91.1 Å². The number of hydrogen-bond acceptors (Lipinski definition) is 21. The lowest BCUT2D eigenvalue weighted by atomic mass is 9.86. The first-order valence-electron chi connectivity index (χ1n) is 36.8. The molecule has 0 spiro atoms. The molecule has 2 aromatic rings. The molecular weight excluding hydrogens is 1360 g/mol. The molecule has 1 aliphatic carbocycles. The molecule has 33 heteroatoms. The number of nitrogens with one attached hydrogen (secondary N) is 11. The van der Waals surface area contributed by atoms with Crippen LogP contribution in [0, 0.1) is 0 Å². The van der Waals surface area contributed by atoms with E-state index < -0.39 is 41.8 Å². The summed E-state index contributed by atoms with van der Waals surface area (Å²) in [5.74, 6) is -3.95. The number of nitrogens with two attached hydrogens (primary N) is 2. The number of nitrogens with zero attached hydrogens (tertiary/aromatic N) is 1. The Morgan fingerprint density at radius 3 is 1.38 bits per heavy atom. The molecule has 0 aliphatic heterocycles. The summed E-state index contributed by atoms with van der Waals surface area (Å²) >= 11 is 0. The van der Waals surface area contributed by atoms with Gasteiger partial charge in [0.05, 0.1) is 85.3 Å². The number of anilines is 1. The molecule has 0 saturated carbocycles. The minimum atomic E-state index is -0.970. The molecule has 1 unspecified atom stereocenters. The Kier molecular flexibility index (Phi) is 49.2. The molecule has 4 atom stereocenters. The number of primary amides is 1. The van der Waals surface area contributed by atoms with Crippen LogP contribution in [0.2, 0.25) is 0 Å². The van der Waals surface area contributed by atoms with Crippen molar-refractivity contribution in [2.45, 2.75) is 167 Å². The summed E-state index contributed by atoms with van der Waals surface area (Å²) in [6.45, 7) is 11.8. The standard InChI is InChI=1S/C72H118N14O19/c1-4-37-86(57-18-19-58-55(51-57)10-9-13-62(58)89)38-28-54-14-16-56(17-15-54)84-68(95)21-20-59(73)71(98)81-30-8-5-11-60(70(74)97)85-69(96)27-26-67(94)80-35-43-103-48-47-102-41-33-78-64(91)23-22-63(90)76-31-39-100-45-46-101-40-32-77-65(92)24-25-66(93)79-34-42-104-49-50-105-44-36-82-72(99)61(83-53(3)88)12-6-7-29-75-52(2)87/h9-10,13-17,57,59-61,89H,4-8,11-12,18-51,73H2,1-3H3,(H2,74,97)(H,75,87)(H,76,90)(H,77,92)(H,78,91)(H,79,93)(H,80,94)(H,81,98)(H,82,99)(H,83,88)(H,84,95)(H,85,96)/t57?,59-,60-,61-/m0/s1. The first kappa shape index (κ1) is 90.8. The van der Waals surface area contributed by atoms with Gasteiger partial charge in [-0.3, -0.25) is 62.4 Å². The zero-order valence-electron chi connectivity index (χ0n) is 61.7. The normalized spacial score (nSPS) is 13.2. The van der Waals surface area contributed by atoms with Crippen LogP contribution in [0.1, 0.15) is 140 Å². The summed E-state index contributed by atoms with van der Waals surface area (Å²) in [6.07, 6.45) is 7.42. The van der Waals surface area contributed by atoms with Crippen LogP contribution < -0.4 is 70.0 Å². The van der Waals surface area contributed by atoms with Crippen molar-refractivity contribution in [1.82, 2.24) is 58.1 Å². The molecule has 3 rings (SSSR count). The Hall–Kier alpha value is -8.44. The maximum Gasteiger partial charge on any atom is 0.242 e. The lowest BCUT2D eigenvalue weighted by molar-refractivity contribution is -0.129. The minimum Gasteiger partial charge on any atom is -0.508 e. The molecule has 2 aromatic carbocycles. The number of unbranched alkanes of at least 4 members (excludes halogenated alkanes) is 2. The highest BCUT2D eigenvalue weighted by atomic mass is 16.5. The molecule has 0 radical (unpaired) electrons. The highest BCUT2D eigenvalue weighted by Gasteiger charge is 2.26. The molecule has 0 saturated heterocycles. The van der Waals surface area contributed by atoms with Crippen LogP contribution >= 0.6 is 0 Å². The molecule has 590 valence electrons. The summed E-state index contributed by atoms with van der Waals surface area (Å²) in [5, 5.41) is 39.9. The lowest BCUT2D eigenvalue weighted by Crippen LogP contribution is -2.46. The van der Waals surface area contributed by atoms with Gasteiger partial charge in [-0.1, -0.05) is 31.2 Å². The molecule has 33 nitrogen and oxygen atoms in total. The van der Waals surface area contributed by atoms with E-state index in [2.05, 4.69) is 76.4 Å². The van der Waals surface area contributed by atoms with Gasteiger partial charge >= 0.3 is 0 Å². The Labute approximate surface area is 616 Å². The predicted octanol–water partition coefficient (Wildman–Crippen LogP) is -0.545. The molecule has 1 aliphatic rings. The number of fused-ring (bicyclic) bond motifs is 1. The van der Waals surface area contributed by atoms with Crippen LogP contribution in [0.4, 0.5) is 5.69 Å². The zero-order valence-corrected chi connectivity index (χ0v) is 61.7.